The highest BCUT2D eigenvalue weighted by atomic mass is 16.5. The number of hydrogen-bond acceptors (Lipinski definition) is 5. The molecule has 5 nitrogen and oxygen atoms in total. The lowest BCUT2D eigenvalue weighted by molar-refractivity contribution is 0.0519. The van der Waals surface area contributed by atoms with Gasteiger partial charge in [0, 0.05) is 41.5 Å². The van der Waals surface area contributed by atoms with E-state index < -0.39 is 5.97 Å². The fourth-order valence-electron chi connectivity index (χ4n) is 2.26. The smallest absolute Gasteiger partial charge is 0.356 e. The molecular formula is C18H15N3O2. The molecular weight excluding hydrogens is 290 g/mol. The van der Waals surface area contributed by atoms with Crippen LogP contribution in [0.4, 0.5) is 0 Å². The van der Waals surface area contributed by atoms with Crippen molar-refractivity contribution in [2.24, 2.45) is 0 Å². The number of carbonyl (C=O) groups is 1. The third-order valence-electron chi connectivity index (χ3n) is 3.29. The summed E-state index contributed by atoms with van der Waals surface area (Å²) in [4.78, 5) is 24.7. The molecule has 0 unspecified atom stereocenters. The maximum absolute atomic E-state index is 12.0. The molecule has 3 rings (SSSR count). The first-order valence-electron chi connectivity index (χ1n) is 7.28. The predicted molar refractivity (Wildman–Crippen MR) is 86.7 cm³/mol. The number of ether oxygens (including phenoxy) is 1. The number of carbonyl (C=O) groups excluding carboxylic acids is 1. The van der Waals surface area contributed by atoms with Gasteiger partial charge in [0.1, 0.15) is 5.69 Å². The molecule has 0 aliphatic rings. The molecule has 0 aliphatic carbocycles. The van der Waals surface area contributed by atoms with Gasteiger partial charge >= 0.3 is 5.97 Å². The topological polar surface area (TPSA) is 65.0 Å². The fourth-order valence-corrected chi connectivity index (χ4v) is 2.26. The highest BCUT2D eigenvalue weighted by Crippen LogP contribution is 2.30. The Balaban J connectivity index is 2.15. The lowest BCUT2D eigenvalue weighted by atomic mass is 10.0. The molecule has 0 aromatic carbocycles. The number of esters is 1. The van der Waals surface area contributed by atoms with Gasteiger partial charge in [-0.1, -0.05) is 6.07 Å². The maximum Gasteiger partial charge on any atom is 0.356 e. The average molecular weight is 305 g/mol. The van der Waals surface area contributed by atoms with Gasteiger partial charge in [0.25, 0.3) is 0 Å². The highest BCUT2D eigenvalue weighted by Gasteiger charge is 2.15. The van der Waals surface area contributed by atoms with Gasteiger partial charge in [-0.3, -0.25) is 9.97 Å². The van der Waals surface area contributed by atoms with Gasteiger partial charge in [-0.15, -0.1) is 0 Å². The van der Waals surface area contributed by atoms with Gasteiger partial charge in [-0.05, 0) is 37.3 Å². The van der Waals surface area contributed by atoms with E-state index in [1.165, 1.54) is 0 Å². The van der Waals surface area contributed by atoms with Crippen LogP contribution in [0, 0.1) is 0 Å². The van der Waals surface area contributed by atoms with Crippen LogP contribution in [0.1, 0.15) is 17.4 Å². The van der Waals surface area contributed by atoms with Crippen LogP contribution < -0.4 is 0 Å². The average Bonchev–Trinajstić information content (AvgIpc) is 2.63. The standard InChI is InChI=1S/C18H15N3O2/c1-2-23-18(22)16-8-7-15(13-5-3-9-19-11-13)17(21-16)14-6-4-10-20-12-14/h3-12H,2H2,1H3. The van der Waals surface area contributed by atoms with E-state index in [-0.39, 0.29) is 5.69 Å². The molecule has 0 atom stereocenters. The Morgan fingerprint density at radius 2 is 1.70 bits per heavy atom. The fraction of sp³-hybridized carbons (Fsp3) is 0.111. The zero-order valence-corrected chi connectivity index (χ0v) is 12.6. The monoisotopic (exact) mass is 305 g/mol. The Labute approximate surface area is 134 Å². The van der Waals surface area contributed by atoms with Gasteiger partial charge < -0.3 is 4.74 Å². The van der Waals surface area contributed by atoms with Crippen molar-refractivity contribution in [3.63, 3.8) is 0 Å². The van der Waals surface area contributed by atoms with Crippen LogP contribution in [0.15, 0.2) is 61.2 Å². The summed E-state index contributed by atoms with van der Waals surface area (Å²) in [5.41, 5.74) is 3.60. The second-order valence-corrected chi connectivity index (χ2v) is 4.80. The van der Waals surface area contributed by atoms with Crippen LogP contribution in [0.2, 0.25) is 0 Å². The van der Waals surface area contributed by atoms with Crippen molar-refractivity contribution in [1.82, 2.24) is 15.0 Å². The first kappa shape index (κ1) is 14.8. The summed E-state index contributed by atoms with van der Waals surface area (Å²) in [6.45, 7) is 2.08. The van der Waals surface area contributed by atoms with Gasteiger partial charge in [0.15, 0.2) is 0 Å². The van der Waals surface area contributed by atoms with Gasteiger partial charge in [-0.2, -0.15) is 0 Å². The Morgan fingerprint density at radius 3 is 2.30 bits per heavy atom. The summed E-state index contributed by atoms with van der Waals surface area (Å²) in [6, 6.07) is 11.1. The van der Waals surface area contributed by atoms with E-state index in [0.717, 1.165) is 16.7 Å². The van der Waals surface area contributed by atoms with Crippen molar-refractivity contribution in [3.05, 3.63) is 66.9 Å². The highest BCUT2D eigenvalue weighted by molar-refractivity contribution is 5.90. The van der Waals surface area contributed by atoms with Gasteiger partial charge in [0.2, 0.25) is 0 Å². The van der Waals surface area contributed by atoms with Crippen LogP contribution in [-0.4, -0.2) is 27.5 Å². The minimum atomic E-state index is -0.435. The van der Waals surface area contributed by atoms with E-state index in [0.29, 0.717) is 12.3 Å². The quantitative estimate of drug-likeness (QED) is 0.691. The lowest BCUT2D eigenvalue weighted by Gasteiger charge is -2.10. The molecule has 0 aliphatic heterocycles. The second kappa shape index (κ2) is 6.79. The Kier molecular flexibility index (Phi) is 4.38. The van der Waals surface area contributed by atoms with Crippen LogP contribution in [-0.2, 0) is 4.74 Å². The third-order valence-corrected chi connectivity index (χ3v) is 3.29. The molecule has 23 heavy (non-hydrogen) atoms. The van der Waals surface area contributed by atoms with E-state index in [2.05, 4.69) is 15.0 Å². The largest absolute Gasteiger partial charge is 0.461 e. The summed E-state index contributed by atoms with van der Waals surface area (Å²) < 4.78 is 5.03. The summed E-state index contributed by atoms with van der Waals surface area (Å²) in [5, 5.41) is 0. The van der Waals surface area contributed by atoms with Gasteiger partial charge in [0.05, 0.1) is 12.3 Å². The summed E-state index contributed by atoms with van der Waals surface area (Å²) in [6.07, 6.45) is 6.90. The molecule has 0 fully saturated rings. The molecule has 0 N–H and O–H groups in total. The molecule has 114 valence electrons. The van der Waals surface area contributed by atoms with Crippen molar-refractivity contribution in [3.8, 4) is 22.4 Å². The number of rotatable bonds is 4. The summed E-state index contributed by atoms with van der Waals surface area (Å²) in [7, 11) is 0. The summed E-state index contributed by atoms with van der Waals surface area (Å²) in [5.74, 6) is -0.435. The maximum atomic E-state index is 12.0. The van der Waals surface area contributed by atoms with E-state index in [4.69, 9.17) is 4.74 Å². The third kappa shape index (κ3) is 3.23. The zero-order valence-electron chi connectivity index (χ0n) is 12.6. The Morgan fingerprint density at radius 1 is 1.00 bits per heavy atom. The van der Waals surface area contributed by atoms with E-state index in [9.17, 15) is 4.79 Å². The Hall–Kier alpha value is -3.08. The summed E-state index contributed by atoms with van der Waals surface area (Å²) >= 11 is 0. The van der Waals surface area contributed by atoms with Crippen molar-refractivity contribution in [1.29, 1.82) is 0 Å². The van der Waals surface area contributed by atoms with Crippen molar-refractivity contribution in [2.45, 2.75) is 6.92 Å². The molecule has 0 saturated carbocycles. The van der Waals surface area contributed by atoms with Crippen LogP contribution in [0.3, 0.4) is 0 Å². The minimum Gasteiger partial charge on any atom is -0.461 e. The molecule has 0 spiro atoms. The lowest BCUT2D eigenvalue weighted by Crippen LogP contribution is -2.08. The Bertz CT molecular complexity index is 805. The number of nitrogens with zero attached hydrogens (tertiary/aromatic N) is 3. The molecule has 0 bridgehead atoms. The van der Waals surface area contributed by atoms with Crippen LogP contribution >= 0.6 is 0 Å². The van der Waals surface area contributed by atoms with Crippen molar-refractivity contribution in [2.75, 3.05) is 6.61 Å². The van der Waals surface area contributed by atoms with E-state index >= 15 is 0 Å². The molecule has 0 amide bonds. The number of aromatic nitrogens is 3. The first-order chi connectivity index (χ1) is 11.3. The molecule has 0 saturated heterocycles. The van der Waals surface area contributed by atoms with Crippen molar-refractivity contribution >= 4 is 5.97 Å². The predicted octanol–water partition coefficient (Wildman–Crippen LogP) is 3.38. The van der Waals surface area contributed by atoms with Crippen LogP contribution in [0.25, 0.3) is 22.4 Å². The SMILES string of the molecule is CCOC(=O)c1ccc(-c2cccnc2)c(-c2cccnc2)n1. The minimum absolute atomic E-state index is 0.276. The first-order valence-corrected chi connectivity index (χ1v) is 7.28. The van der Waals surface area contributed by atoms with Crippen LogP contribution in [0.5, 0.6) is 0 Å². The van der Waals surface area contributed by atoms with E-state index in [1.54, 1.807) is 37.8 Å². The van der Waals surface area contributed by atoms with Crippen molar-refractivity contribution < 1.29 is 9.53 Å². The second-order valence-electron chi connectivity index (χ2n) is 4.80. The zero-order chi connectivity index (χ0) is 16.1. The van der Waals surface area contributed by atoms with E-state index in [1.807, 2.05) is 30.3 Å². The normalized spacial score (nSPS) is 10.3. The number of pyridine rings is 3. The molecule has 5 heteroatoms. The number of hydrogen-bond donors (Lipinski definition) is 0. The molecule has 3 aromatic rings. The van der Waals surface area contributed by atoms with Gasteiger partial charge in [-0.25, -0.2) is 9.78 Å². The molecule has 3 aromatic heterocycles. The molecule has 3 heterocycles. The molecule has 0 radical (unpaired) electrons.